The lowest BCUT2D eigenvalue weighted by Crippen LogP contribution is -2.49. The summed E-state index contributed by atoms with van der Waals surface area (Å²) in [5.74, 6) is -3.85. The van der Waals surface area contributed by atoms with E-state index >= 15 is 8.78 Å². The summed E-state index contributed by atoms with van der Waals surface area (Å²) in [4.78, 5) is 21.4. The van der Waals surface area contributed by atoms with Gasteiger partial charge in [0.2, 0.25) is 11.8 Å². The molecule has 3 aliphatic carbocycles. The van der Waals surface area contributed by atoms with Crippen molar-refractivity contribution in [2.45, 2.75) is 112 Å². The van der Waals surface area contributed by atoms with Gasteiger partial charge in [-0.2, -0.15) is 4.98 Å². The van der Waals surface area contributed by atoms with Gasteiger partial charge in [-0.15, -0.1) is 0 Å². The Morgan fingerprint density at radius 3 is 2.53 bits per heavy atom. The second-order valence-electron chi connectivity index (χ2n) is 12.7. The molecule has 38 heavy (non-hydrogen) atoms. The first-order valence-corrected chi connectivity index (χ1v) is 14.2. The topological polar surface area (TPSA) is 71.7 Å². The first kappa shape index (κ1) is 26.5. The van der Waals surface area contributed by atoms with E-state index in [2.05, 4.69) is 10.1 Å². The van der Waals surface area contributed by atoms with Gasteiger partial charge in [0.25, 0.3) is 5.92 Å². The van der Waals surface area contributed by atoms with Crippen LogP contribution in [0.15, 0.2) is 4.52 Å². The summed E-state index contributed by atoms with van der Waals surface area (Å²) in [5, 5.41) is 4.08. The van der Waals surface area contributed by atoms with Crippen LogP contribution in [0.2, 0.25) is 0 Å². The SMILES string of the molecule is CC1(c2noc([C@@H]3C[C@@H]3F)n2)CCN(C(=O)C[C@@H]2[C@@H](O[C@H]3CCN(CC4(F)CC4)C3)CCCC2(F)F)CC1. The van der Waals surface area contributed by atoms with Crippen LogP contribution in [0.4, 0.5) is 17.6 Å². The Morgan fingerprint density at radius 1 is 1.11 bits per heavy atom. The van der Waals surface area contributed by atoms with Gasteiger partial charge in [0.05, 0.1) is 24.0 Å². The van der Waals surface area contributed by atoms with Crippen LogP contribution in [0.5, 0.6) is 0 Å². The summed E-state index contributed by atoms with van der Waals surface area (Å²) in [5.41, 5.74) is -1.49. The summed E-state index contributed by atoms with van der Waals surface area (Å²) >= 11 is 0. The van der Waals surface area contributed by atoms with Crippen LogP contribution >= 0.6 is 0 Å². The minimum absolute atomic E-state index is 0.201. The van der Waals surface area contributed by atoms with Gasteiger partial charge in [0, 0.05) is 51.0 Å². The normalized spacial score (nSPS) is 35.8. The van der Waals surface area contributed by atoms with Crippen molar-refractivity contribution in [3.63, 3.8) is 0 Å². The summed E-state index contributed by atoms with van der Waals surface area (Å²) in [6, 6.07) is 0. The smallest absolute Gasteiger partial charge is 0.253 e. The lowest BCUT2D eigenvalue weighted by Gasteiger charge is -2.41. The molecule has 3 saturated carbocycles. The van der Waals surface area contributed by atoms with E-state index in [0.717, 1.165) is 0 Å². The van der Waals surface area contributed by atoms with Crippen molar-refractivity contribution in [2.24, 2.45) is 5.92 Å². The highest BCUT2D eigenvalue weighted by atomic mass is 19.3. The van der Waals surface area contributed by atoms with Crippen molar-refractivity contribution in [3.05, 3.63) is 11.7 Å². The number of likely N-dealkylation sites (tertiary alicyclic amines) is 2. The molecule has 1 aromatic heterocycles. The first-order valence-electron chi connectivity index (χ1n) is 14.2. The average Bonchev–Trinajstić information content (AvgIpc) is 3.62. The van der Waals surface area contributed by atoms with E-state index in [4.69, 9.17) is 9.26 Å². The Balaban J connectivity index is 1.04. The molecule has 1 aromatic rings. The van der Waals surface area contributed by atoms with Crippen LogP contribution in [-0.4, -0.2) is 88.5 Å². The molecule has 5 aliphatic rings. The molecule has 212 valence electrons. The monoisotopic (exact) mass is 542 g/mol. The fraction of sp³-hybridized carbons (Fsp3) is 0.889. The molecule has 0 aromatic carbocycles. The molecular weight excluding hydrogens is 504 g/mol. The zero-order chi connectivity index (χ0) is 26.7. The van der Waals surface area contributed by atoms with Gasteiger partial charge in [-0.25, -0.2) is 17.6 Å². The molecule has 0 unspecified atom stereocenters. The van der Waals surface area contributed by atoms with Crippen molar-refractivity contribution < 1.29 is 31.6 Å². The average molecular weight is 543 g/mol. The highest BCUT2D eigenvalue weighted by Gasteiger charge is 2.51. The number of piperidine rings is 1. The van der Waals surface area contributed by atoms with Gasteiger partial charge in [-0.1, -0.05) is 12.1 Å². The molecule has 6 rings (SSSR count). The Kier molecular flexibility index (Phi) is 6.77. The third-order valence-electron chi connectivity index (χ3n) is 9.51. The van der Waals surface area contributed by atoms with E-state index in [1.807, 2.05) is 11.8 Å². The third kappa shape index (κ3) is 5.46. The van der Waals surface area contributed by atoms with Crippen LogP contribution in [0.3, 0.4) is 0 Å². The quantitative estimate of drug-likeness (QED) is 0.449. The van der Waals surface area contributed by atoms with E-state index < -0.39 is 35.2 Å². The molecular formula is C27H38F4N4O3. The van der Waals surface area contributed by atoms with Crippen molar-refractivity contribution in [2.75, 3.05) is 32.7 Å². The number of rotatable bonds is 8. The van der Waals surface area contributed by atoms with Gasteiger partial charge in [-0.3, -0.25) is 9.69 Å². The Labute approximate surface area is 220 Å². The third-order valence-corrected chi connectivity index (χ3v) is 9.51. The number of alkyl halides is 4. The van der Waals surface area contributed by atoms with Crippen molar-refractivity contribution in [1.82, 2.24) is 19.9 Å². The molecule has 1 amide bonds. The highest BCUT2D eigenvalue weighted by molar-refractivity contribution is 5.76. The summed E-state index contributed by atoms with van der Waals surface area (Å²) < 4.78 is 69.2. The van der Waals surface area contributed by atoms with Gasteiger partial charge in [0.15, 0.2) is 5.82 Å². The second-order valence-corrected chi connectivity index (χ2v) is 12.7. The van der Waals surface area contributed by atoms with Crippen LogP contribution in [0, 0.1) is 5.92 Å². The Morgan fingerprint density at radius 2 is 1.84 bits per heavy atom. The van der Waals surface area contributed by atoms with Gasteiger partial charge in [-0.05, 0) is 51.4 Å². The maximum absolute atomic E-state index is 15.1. The van der Waals surface area contributed by atoms with E-state index in [1.165, 1.54) is 0 Å². The molecule has 2 aliphatic heterocycles. The number of carbonyl (C=O) groups excluding carboxylic acids is 1. The maximum atomic E-state index is 15.1. The molecule has 2 saturated heterocycles. The number of hydrogen-bond acceptors (Lipinski definition) is 6. The number of nitrogens with zero attached hydrogens (tertiary/aromatic N) is 4. The zero-order valence-corrected chi connectivity index (χ0v) is 22.0. The van der Waals surface area contributed by atoms with Crippen molar-refractivity contribution in [3.8, 4) is 0 Å². The molecule has 5 fully saturated rings. The minimum Gasteiger partial charge on any atom is -0.373 e. The molecule has 5 atom stereocenters. The minimum atomic E-state index is -2.96. The predicted molar refractivity (Wildman–Crippen MR) is 129 cm³/mol. The highest BCUT2D eigenvalue weighted by Crippen LogP contribution is 2.45. The number of hydrogen-bond donors (Lipinski definition) is 0. The number of ether oxygens (including phenoxy) is 1. The Hall–Kier alpha value is -1.75. The van der Waals surface area contributed by atoms with Gasteiger partial charge >= 0.3 is 0 Å². The van der Waals surface area contributed by atoms with Gasteiger partial charge in [0.1, 0.15) is 11.8 Å². The standard InChI is InChI=1S/C27H38F4N4O3/c1-25(24-32-23(38-33-24)18-13-20(18)28)8-11-35(12-9-25)22(36)14-19-21(3-2-5-27(19,30)31)37-17-4-10-34(15-17)16-26(29)6-7-26/h17-21H,2-16H2,1H3/t17-,18+,19+,20-,21-/m0/s1. The van der Waals surface area contributed by atoms with Crippen LogP contribution in [0.1, 0.15) is 88.8 Å². The second kappa shape index (κ2) is 9.71. The zero-order valence-electron chi connectivity index (χ0n) is 22.0. The molecule has 0 N–H and O–H groups in total. The number of amides is 1. The number of aromatic nitrogens is 2. The van der Waals surface area contributed by atoms with E-state index in [1.54, 1.807) is 4.90 Å². The largest absolute Gasteiger partial charge is 0.373 e. The molecule has 7 nitrogen and oxygen atoms in total. The Bertz CT molecular complexity index is 1030. The van der Waals surface area contributed by atoms with E-state index in [9.17, 15) is 13.6 Å². The fourth-order valence-corrected chi connectivity index (χ4v) is 6.48. The van der Waals surface area contributed by atoms with Crippen LogP contribution in [0.25, 0.3) is 0 Å². The van der Waals surface area contributed by atoms with E-state index in [0.29, 0.717) is 95.8 Å². The lowest BCUT2D eigenvalue weighted by atomic mass is 9.78. The fourth-order valence-electron chi connectivity index (χ4n) is 6.48. The number of halogens is 4. The molecule has 3 heterocycles. The molecule has 0 radical (unpaired) electrons. The summed E-state index contributed by atoms with van der Waals surface area (Å²) in [6.45, 7) is 4.50. The molecule has 11 heteroatoms. The van der Waals surface area contributed by atoms with Crippen LogP contribution in [-0.2, 0) is 14.9 Å². The van der Waals surface area contributed by atoms with Crippen molar-refractivity contribution in [1.29, 1.82) is 0 Å². The molecule has 0 bridgehead atoms. The maximum Gasteiger partial charge on any atom is 0.253 e. The van der Waals surface area contributed by atoms with Crippen LogP contribution < -0.4 is 0 Å². The van der Waals surface area contributed by atoms with Gasteiger partial charge < -0.3 is 14.2 Å². The van der Waals surface area contributed by atoms with Crippen molar-refractivity contribution >= 4 is 5.91 Å². The van der Waals surface area contributed by atoms with E-state index in [-0.39, 0.29) is 30.8 Å². The lowest BCUT2D eigenvalue weighted by molar-refractivity contribution is -0.174. The summed E-state index contributed by atoms with van der Waals surface area (Å²) in [7, 11) is 0. The number of carbonyl (C=O) groups is 1. The first-order chi connectivity index (χ1) is 18.0. The summed E-state index contributed by atoms with van der Waals surface area (Å²) in [6.07, 6.45) is 2.07. The molecule has 0 spiro atoms. The predicted octanol–water partition coefficient (Wildman–Crippen LogP) is 4.56.